The van der Waals surface area contributed by atoms with Crippen molar-refractivity contribution in [3.63, 3.8) is 0 Å². The van der Waals surface area contributed by atoms with Crippen LogP contribution < -0.4 is 16.0 Å². The first-order chi connectivity index (χ1) is 9.03. The van der Waals surface area contributed by atoms with E-state index in [0.29, 0.717) is 10.7 Å². The number of aromatic nitrogens is 1. The fourth-order valence-corrected chi connectivity index (χ4v) is 2.83. The molecule has 2 rings (SSSR count). The monoisotopic (exact) mass is 298 g/mol. The Morgan fingerprint density at radius 3 is 2.74 bits per heavy atom. The zero-order valence-electron chi connectivity index (χ0n) is 9.67. The second-order valence-corrected chi connectivity index (χ2v) is 5.72. The number of sulfonamides is 1. The topological polar surface area (TPSA) is 97.1 Å². The fraction of sp³-hybridized carbons (Fsp3) is 0. The molecule has 1 aromatic heterocycles. The van der Waals surface area contributed by atoms with Crippen LogP contribution in [-0.4, -0.2) is 13.4 Å². The van der Waals surface area contributed by atoms with Gasteiger partial charge in [0.15, 0.2) is 0 Å². The zero-order chi connectivity index (χ0) is 13.9. The van der Waals surface area contributed by atoms with E-state index in [9.17, 15) is 8.42 Å². The minimum absolute atomic E-state index is 0.0440. The van der Waals surface area contributed by atoms with Crippen molar-refractivity contribution in [3.8, 4) is 0 Å². The number of pyridine rings is 1. The summed E-state index contributed by atoms with van der Waals surface area (Å²) in [4.78, 5) is 3.73. The minimum Gasteiger partial charge on any atom is -0.323 e. The van der Waals surface area contributed by atoms with Gasteiger partial charge in [-0.25, -0.2) is 8.42 Å². The Morgan fingerprint density at radius 2 is 2.05 bits per heavy atom. The molecule has 0 saturated heterocycles. The molecule has 0 aliphatic carbocycles. The SMILES string of the molecule is NNc1ccncc1S(=O)(=O)Nc1cccc(Cl)c1. The van der Waals surface area contributed by atoms with Gasteiger partial charge < -0.3 is 5.43 Å². The predicted molar refractivity (Wildman–Crippen MR) is 74.3 cm³/mol. The fourth-order valence-electron chi connectivity index (χ4n) is 1.48. The van der Waals surface area contributed by atoms with Gasteiger partial charge in [0.1, 0.15) is 4.90 Å². The van der Waals surface area contributed by atoms with Crippen molar-refractivity contribution in [2.24, 2.45) is 5.84 Å². The molecule has 8 heteroatoms. The number of nitrogen functional groups attached to an aromatic ring is 1. The van der Waals surface area contributed by atoms with Crippen LogP contribution in [0.3, 0.4) is 0 Å². The summed E-state index contributed by atoms with van der Waals surface area (Å²) in [6, 6.07) is 7.86. The van der Waals surface area contributed by atoms with Crippen molar-refractivity contribution < 1.29 is 8.42 Å². The average molecular weight is 299 g/mol. The van der Waals surface area contributed by atoms with E-state index in [1.165, 1.54) is 24.5 Å². The quantitative estimate of drug-likeness (QED) is 0.591. The zero-order valence-corrected chi connectivity index (χ0v) is 11.2. The van der Waals surface area contributed by atoms with Gasteiger partial charge in [0.05, 0.1) is 11.4 Å². The van der Waals surface area contributed by atoms with Gasteiger partial charge in [-0.05, 0) is 24.3 Å². The van der Waals surface area contributed by atoms with E-state index in [2.05, 4.69) is 15.1 Å². The molecule has 0 saturated carbocycles. The highest BCUT2D eigenvalue weighted by Gasteiger charge is 2.18. The van der Waals surface area contributed by atoms with Gasteiger partial charge in [-0.15, -0.1) is 0 Å². The summed E-state index contributed by atoms with van der Waals surface area (Å²) in [6.07, 6.45) is 2.65. The third-order valence-electron chi connectivity index (χ3n) is 2.31. The molecule has 2 aromatic rings. The highest BCUT2D eigenvalue weighted by molar-refractivity contribution is 7.92. The lowest BCUT2D eigenvalue weighted by Gasteiger charge is -2.11. The van der Waals surface area contributed by atoms with Crippen molar-refractivity contribution in [2.45, 2.75) is 4.90 Å². The summed E-state index contributed by atoms with van der Waals surface area (Å²) in [5.41, 5.74) is 2.93. The van der Waals surface area contributed by atoms with E-state index in [4.69, 9.17) is 17.4 Å². The van der Waals surface area contributed by atoms with E-state index in [1.54, 1.807) is 18.2 Å². The molecule has 0 atom stereocenters. The predicted octanol–water partition coefficient (Wildman–Crippen LogP) is 1.82. The van der Waals surface area contributed by atoms with Gasteiger partial charge in [-0.3, -0.25) is 15.5 Å². The molecule has 0 aliphatic heterocycles. The van der Waals surface area contributed by atoms with Crippen LogP contribution in [-0.2, 0) is 10.0 Å². The lowest BCUT2D eigenvalue weighted by molar-refractivity contribution is 0.601. The van der Waals surface area contributed by atoms with E-state index in [0.717, 1.165) is 0 Å². The molecule has 19 heavy (non-hydrogen) atoms. The van der Waals surface area contributed by atoms with Crippen LogP contribution in [0, 0.1) is 0 Å². The van der Waals surface area contributed by atoms with Crippen molar-refractivity contribution in [1.82, 2.24) is 4.98 Å². The van der Waals surface area contributed by atoms with Crippen LogP contribution in [0.15, 0.2) is 47.6 Å². The number of halogens is 1. The van der Waals surface area contributed by atoms with Crippen LogP contribution in [0.4, 0.5) is 11.4 Å². The van der Waals surface area contributed by atoms with Gasteiger partial charge in [0.25, 0.3) is 10.0 Å². The lowest BCUT2D eigenvalue weighted by Crippen LogP contribution is -2.17. The Hall–Kier alpha value is -1.83. The summed E-state index contributed by atoms with van der Waals surface area (Å²) in [7, 11) is -3.79. The normalized spacial score (nSPS) is 11.1. The molecular formula is C11H11ClN4O2S. The number of nitrogens with zero attached hydrogens (tertiary/aromatic N) is 1. The van der Waals surface area contributed by atoms with Crippen LogP contribution in [0.25, 0.3) is 0 Å². The number of hydrazine groups is 1. The molecule has 0 fully saturated rings. The van der Waals surface area contributed by atoms with Gasteiger partial charge in [0.2, 0.25) is 0 Å². The van der Waals surface area contributed by atoms with Crippen LogP contribution in [0.5, 0.6) is 0 Å². The van der Waals surface area contributed by atoms with Crippen molar-refractivity contribution in [1.29, 1.82) is 0 Å². The molecule has 0 spiro atoms. The molecule has 4 N–H and O–H groups in total. The Kier molecular flexibility index (Phi) is 3.89. The molecule has 0 amide bonds. The van der Waals surface area contributed by atoms with Crippen LogP contribution in [0.2, 0.25) is 5.02 Å². The van der Waals surface area contributed by atoms with E-state index < -0.39 is 10.0 Å². The minimum atomic E-state index is -3.79. The first-order valence-electron chi connectivity index (χ1n) is 5.22. The molecule has 6 nitrogen and oxygen atoms in total. The summed E-state index contributed by atoms with van der Waals surface area (Å²) in [5, 5.41) is 0.434. The highest BCUT2D eigenvalue weighted by atomic mass is 35.5. The van der Waals surface area contributed by atoms with Crippen molar-refractivity contribution in [3.05, 3.63) is 47.7 Å². The number of anilines is 2. The summed E-state index contributed by atoms with van der Waals surface area (Å²) >= 11 is 5.80. The number of benzene rings is 1. The maximum Gasteiger partial charge on any atom is 0.265 e. The van der Waals surface area contributed by atoms with Gasteiger partial charge in [-0.1, -0.05) is 17.7 Å². The van der Waals surface area contributed by atoms with Crippen molar-refractivity contribution in [2.75, 3.05) is 10.1 Å². The summed E-state index contributed by atoms with van der Waals surface area (Å²) in [6.45, 7) is 0. The smallest absolute Gasteiger partial charge is 0.265 e. The molecule has 0 unspecified atom stereocenters. The molecule has 0 aliphatic rings. The molecule has 1 heterocycles. The molecule has 1 aromatic carbocycles. The maximum absolute atomic E-state index is 12.2. The average Bonchev–Trinajstić information content (AvgIpc) is 2.38. The maximum atomic E-state index is 12.2. The van der Waals surface area contributed by atoms with E-state index in [-0.39, 0.29) is 10.6 Å². The van der Waals surface area contributed by atoms with Crippen molar-refractivity contribution >= 4 is 33.0 Å². The number of hydrogen-bond acceptors (Lipinski definition) is 5. The number of rotatable bonds is 4. The molecule has 0 bridgehead atoms. The summed E-state index contributed by atoms with van der Waals surface area (Å²) in [5.74, 6) is 5.27. The Balaban J connectivity index is 2.38. The lowest BCUT2D eigenvalue weighted by atomic mass is 10.3. The summed E-state index contributed by atoms with van der Waals surface area (Å²) < 4.78 is 26.8. The third-order valence-corrected chi connectivity index (χ3v) is 3.95. The third kappa shape index (κ3) is 3.14. The van der Waals surface area contributed by atoms with Crippen LogP contribution >= 0.6 is 11.6 Å². The second kappa shape index (κ2) is 5.43. The van der Waals surface area contributed by atoms with E-state index >= 15 is 0 Å². The first kappa shape index (κ1) is 13.6. The first-order valence-corrected chi connectivity index (χ1v) is 7.08. The number of nitrogens with one attached hydrogen (secondary N) is 2. The molecule has 0 radical (unpaired) electrons. The Labute approximate surface area is 115 Å². The van der Waals surface area contributed by atoms with Gasteiger partial charge >= 0.3 is 0 Å². The largest absolute Gasteiger partial charge is 0.323 e. The Morgan fingerprint density at radius 1 is 1.26 bits per heavy atom. The molecular weight excluding hydrogens is 288 g/mol. The van der Waals surface area contributed by atoms with Gasteiger partial charge in [-0.2, -0.15) is 0 Å². The second-order valence-electron chi connectivity index (χ2n) is 3.63. The van der Waals surface area contributed by atoms with E-state index in [1.807, 2.05) is 0 Å². The standard InChI is InChI=1S/C11H11ClN4O2S/c12-8-2-1-3-9(6-8)16-19(17,18)11-7-14-5-4-10(11)15-13/h1-7,16H,13H2,(H,14,15). The van der Waals surface area contributed by atoms with Crippen LogP contribution in [0.1, 0.15) is 0 Å². The Bertz CT molecular complexity index is 691. The number of nitrogens with two attached hydrogens (primary N) is 1. The molecule has 100 valence electrons. The van der Waals surface area contributed by atoms with Gasteiger partial charge in [0, 0.05) is 17.4 Å². The number of hydrogen-bond donors (Lipinski definition) is 3. The highest BCUT2D eigenvalue weighted by Crippen LogP contribution is 2.23.